The molecular weight excluding hydrogens is 340 g/mol. The molecule has 4 nitrogen and oxygen atoms in total. The maximum Gasteiger partial charge on any atom is 0.233 e. The van der Waals surface area contributed by atoms with E-state index in [1.807, 2.05) is 0 Å². The molecule has 0 amide bonds. The number of unbranched alkanes of at least 4 members (excludes halogenated alkanes) is 5. The van der Waals surface area contributed by atoms with Crippen molar-refractivity contribution in [2.24, 2.45) is 0 Å². The second kappa shape index (κ2) is 13.9. The van der Waals surface area contributed by atoms with Gasteiger partial charge >= 0.3 is 0 Å². The van der Waals surface area contributed by atoms with E-state index in [0.29, 0.717) is 6.42 Å². The van der Waals surface area contributed by atoms with Crippen LogP contribution in [0.1, 0.15) is 132 Å². The van der Waals surface area contributed by atoms with Gasteiger partial charge in [-0.15, -0.1) is 0 Å². The minimum absolute atomic E-state index is 0.332. The fourth-order valence-corrected chi connectivity index (χ4v) is 2.90. The summed E-state index contributed by atoms with van der Waals surface area (Å²) in [6.45, 7) is 17.0. The second-order valence-electron chi connectivity index (χ2n) is 9.13. The molecule has 0 N–H and O–H groups in total. The molecule has 164 valence electrons. The third-order valence-corrected chi connectivity index (χ3v) is 5.05. The summed E-state index contributed by atoms with van der Waals surface area (Å²) in [5, 5.41) is 0. The van der Waals surface area contributed by atoms with Gasteiger partial charge in [-0.2, -0.15) is 9.78 Å². The quantitative estimate of drug-likeness (QED) is 0.103. The van der Waals surface area contributed by atoms with Gasteiger partial charge in [0, 0.05) is 12.8 Å². The molecule has 0 unspecified atom stereocenters. The number of rotatable bonds is 18. The van der Waals surface area contributed by atoms with Gasteiger partial charge in [0.15, 0.2) is 0 Å². The molecule has 0 radical (unpaired) electrons. The van der Waals surface area contributed by atoms with Gasteiger partial charge < -0.3 is 0 Å². The Kier molecular flexibility index (Phi) is 13.8. The first kappa shape index (κ1) is 26.8. The van der Waals surface area contributed by atoms with Crippen molar-refractivity contribution in [1.82, 2.24) is 0 Å². The van der Waals surface area contributed by atoms with E-state index in [0.717, 1.165) is 44.9 Å². The van der Waals surface area contributed by atoms with Crippen LogP contribution >= 0.6 is 0 Å². The highest BCUT2D eigenvalue weighted by atomic mass is 17.3. The highest BCUT2D eigenvalue weighted by molar-refractivity contribution is 4.71. The maximum atomic E-state index is 5.95. The van der Waals surface area contributed by atoms with E-state index < -0.39 is 5.79 Å². The fraction of sp³-hybridized carbons (Fsp3) is 1.00. The molecule has 0 fully saturated rings. The summed E-state index contributed by atoms with van der Waals surface area (Å²) in [6.07, 6.45) is 12.6. The molecule has 0 aromatic rings. The largest absolute Gasteiger partial charge is 0.233 e. The lowest BCUT2D eigenvalue weighted by Gasteiger charge is -2.36. The van der Waals surface area contributed by atoms with Gasteiger partial charge in [0.2, 0.25) is 5.79 Å². The minimum Gasteiger partial charge on any atom is -0.228 e. The average Bonchev–Trinajstić information content (AvgIpc) is 2.62. The Morgan fingerprint density at radius 1 is 0.481 bits per heavy atom. The summed E-state index contributed by atoms with van der Waals surface area (Å²) in [5.41, 5.74) is -0.663. The van der Waals surface area contributed by atoms with Gasteiger partial charge in [-0.1, -0.05) is 72.6 Å². The summed E-state index contributed by atoms with van der Waals surface area (Å²) in [5.74, 6) is -0.847. The van der Waals surface area contributed by atoms with Gasteiger partial charge in [0.05, 0.1) is 11.2 Å². The fourth-order valence-electron chi connectivity index (χ4n) is 2.90. The molecule has 0 aliphatic rings. The van der Waals surface area contributed by atoms with E-state index in [2.05, 4.69) is 55.4 Å². The average molecular weight is 389 g/mol. The Hall–Kier alpha value is -0.160. The first-order chi connectivity index (χ1) is 12.7. The zero-order valence-electron chi connectivity index (χ0n) is 19.6. The molecule has 0 aromatic heterocycles. The molecule has 0 aliphatic carbocycles. The predicted octanol–water partition coefficient (Wildman–Crippen LogP) is 7.90. The minimum atomic E-state index is -0.847. The predicted molar refractivity (Wildman–Crippen MR) is 113 cm³/mol. The molecule has 4 heteroatoms. The molecule has 0 aliphatic heterocycles. The summed E-state index contributed by atoms with van der Waals surface area (Å²) >= 11 is 0. The molecule has 0 saturated heterocycles. The van der Waals surface area contributed by atoms with E-state index in [1.54, 1.807) is 0 Å². The van der Waals surface area contributed by atoms with Crippen LogP contribution in [0.15, 0.2) is 0 Å². The standard InChI is InChI=1S/C23H48O4/c1-9-13-16-18-21(5,6)24-26-23(12-4,20-15-11-3)27-25-22(7,8)19-17-14-10-2/h9-20H2,1-8H3. The van der Waals surface area contributed by atoms with Crippen molar-refractivity contribution in [3.8, 4) is 0 Å². The van der Waals surface area contributed by atoms with Crippen molar-refractivity contribution in [2.75, 3.05) is 0 Å². The van der Waals surface area contributed by atoms with Crippen molar-refractivity contribution in [3.05, 3.63) is 0 Å². The van der Waals surface area contributed by atoms with Crippen molar-refractivity contribution in [2.45, 2.75) is 149 Å². The molecule has 0 bridgehead atoms. The Morgan fingerprint density at radius 2 is 0.889 bits per heavy atom. The van der Waals surface area contributed by atoms with Crippen LogP contribution in [0.3, 0.4) is 0 Å². The summed E-state index contributed by atoms with van der Waals surface area (Å²) in [4.78, 5) is 23.7. The zero-order chi connectivity index (χ0) is 20.8. The second-order valence-corrected chi connectivity index (χ2v) is 9.13. The summed E-state index contributed by atoms with van der Waals surface area (Å²) < 4.78 is 0. The van der Waals surface area contributed by atoms with Crippen molar-refractivity contribution >= 4 is 0 Å². The van der Waals surface area contributed by atoms with Crippen molar-refractivity contribution in [1.29, 1.82) is 0 Å². The SMILES string of the molecule is CCCCCC(C)(C)OOC(CC)(CCCC)OOC(C)(C)CCCCC. The van der Waals surface area contributed by atoms with E-state index >= 15 is 0 Å². The highest BCUT2D eigenvalue weighted by Gasteiger charge is 2.37. The number of hydrogen-bond acceptors (Lipinski definition) is 4. The molecular formula is C23H48O4. The van der Waals surface area contributed by atoms with Gasteiger partial charge in [0.1, 0.15) is 0 Å². The van der Waals surface area contributed by atoms with Crippen molar-refractivity contribution in [3.63, 3.8) is 0 Å². The van der Waals surface area contributed by atoms with Gasteiger partial charge in [-0.25, -0.2) is 9.78 Å². The lowest BCUT2D eigenvalue weighted by Crippen LogP contribution is -2.41. The molecule has 0 aromatic carbocycles. The topological polar surface area (TPSA) is 36.9 Å². The van der Waals surface area contributed by atoms with Gasteiger partial charge in [-0.05, 0) is 47.0 Å². The Morgan fingerprint density at radius 3 is 1.22 bits per heavy atom. The first-order valence-corrected chi connectivity index (χ1v) is 11.4. The monoisotopic (exact) mass is 388 g/mol. The zero-order valence-corrected chi connectivity index (χ0v) is 19.6. The smallest absolute Gasteiger partial charge is 0.228 e. The molecule has 0 saturated carbocycles. The van der Waals surface area contributed by atoms with Crippen LogP contribution in [0.4, 0.5) is 0 Å². The highest BCUT2D eigenvalue weighted by Crippen LogP contribution is 2.32. The van der Waals surface area contributed by atoms with Crippen LogP contribution in [0, 0.1) is 0 Å². The van der Waals surface area contributed by atoms with Crippen molar-refractivity contribution < 1.29 is 19.6 Å². The van der Waals surface area contributed by atoms with Gasteiger partial charge in [0.25, 0.3) is 0 Å². The molecule has 27 heavy (non-hydrogen) atoms. The lowest BCUT2D eigenvalue weighted by atomic mass is 10.0. The third-order valence-electron chi connectivity index (χ3n) is 5.05. The van der Waals surface area contributed by atoms with Crippen LogP contribution < -0.4 is 0 Å². The van der Waals surface area contributed by atoms with Crippen LogP contribution in [0.25, 0.3) is 0 Å². The summed E-state index contributed by atoms with van der Waals surface area (Å²) in [7, 11) is 0. The molecule has 0 atom stereocenters. The van der Waals surface area contributed by atoms with E-state index in [9.17, 15) is 0 Å². The first-order valence-electron chi connectivity index (χ1n) is 11.4. The van der Waals surface area contributed by atoms with Crippen LogP contribution in [0.2, 0.25) is 0 Å². The Balaban J connectivity index is 4.83. The molecule has 0 rings (SSSR count). The van der Waals surface area contributed by atoms with Crippen LogP contribution in [-0.2, 0) is 19.6 Å². The molecule has 0 spiro atoms. The van der Waals surface area contributed by atoms with Gasteiger partial charge in [-0.3, -0.25) is 0 Å². The maximum absolute atomic E-state index is 5.95. The molecule has 0 heterocycles. The van der Waals surface area contributed by atoms with Crippen LogP contribution in [-0.4, -0.2) is 17.0 Å². The third kappa shape index (κ3) is 12.8. The summed E-state index contributed by atoms with van der Waals surface area (Å²) in [6, 6.07) is 0. The lowest BCUT2D eigenvalue weighted by molar-refractivity contribution is -0.545. The van der Waals surface area contributed by atoms with Crippen LogP contribution in [0.5, 0.6) is 0 Å². The van der Waals surface area contributed by atoms with E-state index in [-0.39, 0.29) is 11.2 Å². The normalized spacial score (nSPS) is 13.3. The Bertz CT molecular complexity index is 326. The van der Waals surface area contributed by atoms with E-state index in [1.165, 1.54) is 25.7 Å². The van der Waals surface area contributed by atoms with E-state index in [4.69, 9.17) is 19.6 Å². The Labute approximate surface area is 169 Å². The number of hydrogen-bond donors (Lipinski definition) is 0.